The van der Waals surface area contributed by atoms with Crippen molar-refractivity contribution in [3.8, 4) is 5.75 Å². The molecule has 5 nitrogen and oxygen atoms in total. The Hall–Kier alpha value is -3.31. The minimum Gasteiger partial charge on any atom is -0.497 e. The predicted molar refractivity (Wildman–Crippen MR) is 140 cm³/mol. The fourth-order valence-corrected chi connectivity index (χ4v) is 4.04. The molecule has 0 aliphatic rings. The van der Waals surface area contributed by atoms with E-state index >= 15 is 0 Å². The molecule has 0 radical (unpaired) electrons. The summed E-state index contributed by atoms with van der Waals surface area (Å²) in [5, 5.41) is 3.63. The Balaban J connectivity index is 1.94. The Labute approximate surface area is 213 Å². The third-order valence-electron chi connectivity index (χ3n) is 5.71. The average molecular weight is 493 g/mol. The van der Waals surface area contributed by atoms with Crippen LogP contribution in [0.1, 0.15) is 30.5 Å². The molecule has 0 saturated carbocycles. The maximum absolute atomic E-state index is 13.7. The van der Waals surface area contributed by atoms with Gasteiger partial charge < -0.3 is 15.0 Å². The van der Waals surface area contributed by atoms with Crippen molar-refractivity contribution in [3.63, 3.8) is 0 Å². The molecule has 6 heteroatoms. The molecule has 0 bridgehead atoms. The molecule has 2 amide bonds. The van der Waals surface area contributed by atoms with E-state index in [1.165, 1.54) is 0 Å². The summed E-state index contributed by atoms with van der Waals surface area (Å²) < 4.78 is 5.23. The molecule has 35 heavy (non-hydrogen) atoms. The molecule has 0 fully saturated rings. The zero-order valence-corrected chi connectivity index (χ0v) is 21.3. The number of benzene rings is 3. The summed E-state index contributed by atoms with van der Waals surface area (Å²) in [5.41, 5.74) is 2.72. The van der Waals surface area contributed by atoms with E-state index in [4.69, 9.17) is 16.3 Å². The summed E-state index contributed by atoms with van der Waals surface area (Å²) in [5.74, 6) is 0.739. The molecule has 184 valence electrons. The van der Waals surface area contributed by atoms with Crippen LogP contribution in [-0.2, 0) is 29.0 Å². The number of hydrogen-bond donors (Lipinski definition) is 1. The highest BCUT2D eigenvalue weighted by molar-refractivity contribution is 6.30. The van der Waals surface area contributed by atoms with Gasteiger partial charge in [-0.1, -0.05) is 80.0 Å². The number of ether oxygens (including phenoxy) is 1. The molecule has 1 N–H and O–H groups in total. The van der Waals surface area contributed by atoms with E-state index in [2.05, 4.69) is 5.32 Å². The SMILES string of the molecule is COc1ccc(CC(=O)N(Cc2cccc(Cl)c2)C(Cc2ccccc2)C(=O)NCC(C)C)cc1. The molecule has 0 aromatic heterocycles. The van der Waals surface area contributed by atoms with Gasteiger partial charge in [0, 0.05) is 24.5 Å². The smallest absolute Gasteiger partial charge is 0.243 e. The Morgan fingerprint density at radius 2 is 1.60 bits per heavy atom. The minimum absolute atomic E-state index is 0.129. The highest BCUT2D eigenvalue weighted by Gasteiger charge is 2.30. The number of methoxy groups -OCH3 is 1. The van der Waals surface area contributed by atoms with Crippen LogP contribution < -0.4 is 10.1 Å². The lowest BCUT2D eigenvalue weighted by Gasteiger charge is -2.32. The van der Waals surface area contributed by atoms with Crippen molar-refractivity contribution in [1.29, 1.82) is 0 Å². The molecule has 3 rings (SSSR count). The van der Waals surface area contributed by atoms with E-state index < -0.39 is 6.04 Å². The normalized spacial score (nSPS) is 11.7. The van der Waals surface area contributed by atoms with Crippen LogP contribution in [0.2, 0.25) is 5.02 Å². The molecule has 0 aliphatic carbocycles. The molecule has 1 atom stereocenters. The van der Waals surface area contributed by atoms with E-state index in [9.17, 15) is 9.59 Å². The van der Waals surface area contributed by atoms with Crippen LogP contribution in [0.3, 0.4) is 0 Å². The van der Waals surface area contributed by atoms with Gasteiger partial charge in [-0.25, -0.2) is 0 Å². The summed E-state index contributed by atoms with van der Waals surface area (Å²) in [7, 11) is 1.61. The monoisotopic (exact) mass is 492 g/mol. The van der Waals surface area contributed by atoms with E-state index in [1.54, 1.807) is 18.1 Å². The highest BCUT2D eigenvalue weighted by atomic mass is 35.5. The first-order valence-corrected chi connectivity index (χ1v) is 12.2. The number of halogens is 1. The maximum Gasteiger partial charge on any atom is 0.243 e. The van der Waals surface area contributed by atoms with Gasteiger partial charge >= 0.3 is 0 Å². The van der Waals surface area contributed by atoms with Crippen molar-refractivity contribution in [1.82, 2.24) is 10.2 Å². The minimum atomic E-state index is -0.666. The van der Waals surface area contributed by atoms with Crippen LogP contribution in [0, 0.1) is 5.92 Å². The molecular weight excluding hydrogens is 460 g/mol. The second kappa shape index (κ2) is 13.0. The van der Waals surface area contributed by atoms with Crippen LogP contribution >= 0.6 is 11.6 Å². The van der Waals surface area contributed by atoms with Gasteiger partial charge in [0.15, 0.2) is 0 Å². The van der Waals surface area contributed by atoms with Crippen LogP contribution in [0.15, 0.2) is 78.9 Å². The number of carbonyl (C=O) groups is 2. The summed E-state index contributed by atoms with van der Waals surface area (Å²) in [6, 6.07) is 23.9. The Bertz CT molecular complexity index is 1100. The summed E-state index contributed by atoms with van der Waals surface area (Å²) in [4.78, 5) is 28.8. The Morgan fingerprint density at radius 1 is 0.914 bits per heavy atom. The van der Waals surface area contributed by atoms with Gasteiger partial charge in [-0.15, -0.1) is 0 Å². The van der Waals surface area contributed by atoms with Crippen LogP contribution in [-0.4, -0.2) is 36.4 Å². The van der Waals surface area contributed by atoms with Crippen molar-refractivity contribution >= 4 is 23.4 Å². The maximum atomic E-state index is 13.7. The van der Waals surface area contributed by atoms with Crippen LogP contribution in [0.25, 0.3) is 0 Å². The van der Waals surface area contributed by atoms with Gasteiger partial charge in [0.1, 0.15) is 11.8 Å². The molecular formula is C29H33ClN2O3. The third-order valence-corrected chi connectivity index (χ3v) is 5.95. The van der Waals surface area contributed by atoms with Gasteiger partial charge in [0.25, 0.3) is 0 Å². The predicted octanol–water partition coefficient (Wildman–Crippen LogP) is 5.30. The van der Waals surface area contributed by atoms with Crippen molar-refractivity contribution in [3.05, 3.63) is 101 Å². The zero-order valence-electron chi connectivity index (χ0n) is 20.5. The topological polar surface area (TPSA) is 58.6 Å². The molecule has 3 aromatic carbocycles. The van der Waals surface area contributed by atoms with Crippen LogP contribution in [0.4, 0.5) is 0 Å². The van der Waals surface area contributed by atoms with Gasteiger partial charge in [-0.05, 0) is 46.9 Å². The Morgan fingerprint density at radius 3 is 2.23 bits per heavy atom. The molecule has 1 unspecified atom stereocenters. The lowest BCUT2D eigenvalue weighted by atomic mass is 10.0. The molecule has 0 aliphatic heterocycles. The third kappa shape index (κ3) is 8.15. The van der Waals surface area contributed by atoms with Crippen molar-refractivity contribution < 1.29 is 14.3 Å². The van der Waals surface area contributed by atoms with Gasteiger partial charge in [-0.3, -0.25) is 9.59 Å². The number of carbonyl (C=O) groups excluding carboxylic acids is 2. The fourth-order valence-electron chi connectivity index (χ4n) is 3.83. The van der Waals surface area contributed by atoms with E-state index in [0.717, 1.165) is 22.4 Å². The number of rotatable bonds is 11. The molecule has 3 aromatic rings. The second-order valence-electron chi connectivity index (χ2n) is 9.02. The standard InChI is InChI=1S/C29H33ClN2O3/c1-21(2)19-31-29(34)27(17-22-8-5-4-6-9-22)32(20-24-10-7-11-25(30)16-24)28(33)18-23-12-14-26(35-3)15-13-23/h4-16,21,27H,17-20H2,1-3H3,(H,31,34). The fraction of sp³-hybridized carbons (Fsp3) is 0.310. The van der Waals surface area contributed by atoms with E-state index in [0.29, 0.717) is 23.9 Å². The van der Waals surface area contributed by atoms with Gasteiger partial charge in [-0.2, -0.15) is 0 Å². The number of hydrogen-bond acceptors (Lipinski definition) is 3. The first-order chi connectivity index (χ1) is 16.9. The molecule has 0 spiro atoms. The summed E-state index contributed by atoms with van der Waals surface area (Å²) >= 11 is 6.23. The van der Waals surface area contributed by atoms with Gasteiger partial charge in [0.05, 0.1) is 13.5 Å². The summed E-state index contributed by atoms with van der Waals surface area (Å²) in [6.07, 6.45) is 0.590. The lowest BCUT2D eigenvalue weighted by molar-refractivity contribution is -0.140. The Kier molecular flexibility index (Phi) is 9.74. The second-order valence-corrected chi connectivity index (χ2v) is 9.46. The first kappa shape index (κ1) is 26.3. The largest absolute Gasteiger partial charge is 0.497 e. The van der Waals surface area contributed by atoms with Gasteiger partial charge in [0.2, 0.25) is 11.8 Å². The quantitative estimate of drug-likeness (QED) is 0.395. The molecule has 0 heterocycles. The molecule has 0 saturated heterocycles. The van der Waals surface area contributed by atoms with E-state index in [1.807, 2.05) is 86.6 Å². The summed E-state index contributed by atoms with van der Waals surface area (Å²) in [6.45, 7) is 4.92. The highest BCUT2D eigenvalue weighted by Crippen LogP contribution is 2.19. The lowest BCUT2D eigenvalue weighted by Crippen LogP contribution is -2.51. The number of amides is 2. The van der Waals surface area contributed by atoms with Crippen molar-refractivity contribution in [2.45, 2.75) is 39.3 Å². The van der Waals surface area contributed by atoms with E-state index in [-0.39, 0.29) is 24.8 Å². The van der Waals surface area contributed by atoms with Crippen molar-refractivity contribution in [2.75, 3.05) is 13.7 Å². The number of nitrogens with one attached hydrogen (secondary N) is 1. The first-order valence-electron chi connectivity index (χ1n) is 11.8. The van der Waals surface area contributed by atoms with Crippen LogP contribution in [0.5, 0.6) is 5.75 Å². The number of nitrogens with zero attached hydrogens (tertiary/aromatic N) is 1. The average Bonchev–Trinajstić information content (AvgIpc) is 2.85. The van der Waals surface area contributed by atoms with Crippen molar-refractivity contribution in [2.24, 2.45) is 5.92 Å². The zero-order chi connectivity index (χ0) is 25.2.